The summed E-state index contributed by atoms with van der Waals surface area (Å²) in [7, 11) is 0. The summed E-state index contributed by atoms with van der Waals surface area (Å²) in [6.45, 7) is -0.202. The molecule has 0 fully saturated rings. The quantitative estimate of drug-likeness (QED) is 0.159. The highest BCUT2D eigenvalue weighted by Crippen LogP contribution is 2.68. The van der Waals surface area contributed by atoms with Gasteiger partial charge in [0.25, 0.3) is 6.71 Å². The lowest BCUT2D eigenvalue weighted by atomic mass is 9.36. The van der Waals surface area contributed by atoms with Gasteiger partial charge in [0, 0.05) is 43.7 Å². The molecule has 0 saturated carbocycles. The molecule has 7 heteroatoms. The van der Waals surface area contributed by atoms with E-state index in [0.717, 1.165) is 67.4 Å². The van der Waals surface area contributed by atoms with Crippen molar-refractivity contribution in [3.05, 3.63) is 280 Å². The Hall–Kier alpha value is -8.65. The van der Waals surface area contributed by atoms with Crippen molar-refractivity contribution in [2.24, 2.45) is 0 Å². The minimum Gasteiger partial charge on any atom is -0.311 e. The maximum Gasteiger partial charge on any atom is 0.416 e. The molecule has 74 heavy (non-hydrogen) atoms. The number of rotatable bonds is 2. The molecule has 1 unspecified atom stereocenters. The molecule has 11 aromatic rings. The average molecular weight is 971 g/mol. The number of halogens is 3. The van der Waals surface area contributed by atoms with Crippen LogP contribution in [0.2, 0.25) is 0 Å². The Labute approximate surface area is 430 Å². The number of para-hydroxylation sites is 2. The van der Waals surface area contributed by atoms with Crippen LogP contribution in [0, 0.1) is 0 Å². The Morgan fingerprint density at radius 2 is 0.838 bits per heavy atom. The van der Waals surface area contributed by atoms with Gasteiger partial charge in [-0.2, -0.15) is 13.2 Å². The van der Waals surface area contributed by atoms with Crippen LogP contribution in [0.15, 0.2) is 231 Å². The van der Waals surface area contributed by atoms with Gasteiger partial charge in [-0.3, -0.25) is 0 Å². The highest BCUT2D eigenvalue weighted by atomic mass is 32.1. The van der Waals surface area contributed by atoms with Crippen LogP contribution in [-0.2, 0) is 17.0 Å². The van der Waals surface area contributed by atoms with E-state index in [0.29, 0.717) is 5.56 Å². The summed E-state index contributed by atoms with van der Waals surface area (Å²) >= 11 is 1.96. The predicted molar refractivity (Wildman–Crippen MR) is 296 cm³/mol. The Kier molecular flexibility index (Phi) is 7.79. The summed E-state index contributed by atoms with van der Waals surface area (Å²) in [6.07, 6.45) is -4.53. The summed E-state index contributed by atoms with van der Waals surface area (Å²) < 4.78 is 46.3. The molecule has 6 aliphatic rings. The molecular weight excluding hydrogens is 933 g/mol. The number of thiophene rings is 1. The summed E-state index contributed by atoms with van der Waals surface area (Å²) in [6, 6.07) is 81.2. The van der Waals surface area contributed by atoms with Crippen LogP contribution in [0.3, 0.4) is 0 Å². The van der Waals surface area contributed by atoms with Crippen molar-refractivity contribution in [3.8, 4) is 44.5 Å². The standard InChI is InChI=1S/C67H38BF3N2S/c69-67(70,71)39-34-35-46-44-24-7-12-27-49(44)65(54(46)36-39)50-28-13-10-25-45(50)48-37-56-59(38-55(48)65)72(40-18-3-1-4-19-40)57-32-17-33-58-61(57)68(56)64-62(73(58)41-20-5-2-6-21-41)60-47-26-11-16-31-53(47)66(63(60)74-64)51-29-14-8-22-42(51)43-23-9-15-30-52(43)66/h1-38H. The molecule has 0 saturated heterocycles. The SMILES string of the molecule is FC(F)(F)c1ccc2c(c1)C1(c3ccccc3-2)c2ccccc2-c2cc3c(cc21)N(c1ccccc1)c1cccc2c1B3c1sc3c(c1N2c1ccccc1)-c1ccccc1C31c2ccccc2-c2ccccc21. The number of hydrogen-bond acceptors (Lipinski definition) is 3. The minimum absolute atomic E-state index is 0.202. The first-order chi connectivity index (χ1) is 36.4. The molecule has 2 aliphatic heterocycles. The second-order valence-electron chi connectivity index (χ2n) is 20.4. The summed E-state index contributed by atoms with van der Waals surface area (Å²) in [5.41, 5.74) is 23.2. The molecule has 0 N–H and O–H groups in total. The molecular formula is C67H38BF3N2S. The Bertz CT molecular complexity index is 4250. The first kappa shape index (κ1) is 40.9. The zero-order chi connectivity index (χ0) is 48.8. The van der Waals surface area contributed by atoms with Gasteiger partial charge in [0.1, 0.15) is 0 Å². The highest BCUT2D eigenvalue weighted by Gasteiger charge is 2.58. The van der Waals surface area contributed by atoms with Gasteiger partial charge < -0.3 is 9.80 Å². The fraction of sp³-hybridized carbons (Fsp3) is 0.0448. The van der Waals surface area contributed by atoms with Crippen LogP contribution in [0.25, 0.3) is 44.5 Å². The molecule has 1 aromatic heterocycles. The number of fused-ring (bicyclic) bond motifs is 25. The average Bonchev–Trinajstić information content (AvgIpc) is 4.22. The third-order valence-corrected chi connectivity index (χ3v) is 18.6. The van der Waals surface area contributed by atoms with Crippen LogP contribution in [0.5, 0.6) is 0 Å². The largest absolute Gasteiger partial charge is 0.416 e. The van der Waals surface area contributed by atoms with Crippen molar-refractivity contribution in [2.45, 2.75) is 17.0 Å². The lowest BCUT2D eigenvalue weighted by molar-refractivity contribution is -0.137. The monoisotopic (exact) mass is 970 g/mol. The van der Waals surface area contributed by atoms with E-state index < -0.39 is 22.6 Å². The number of benzene rings is 10. The topological polar surface area (TPSA) is 6.48 Å². The molecule has 2 spiro atoms. The fourth-order valence-corrected chi connectivity index (χ4v) is 16.4. The first-order valence-electron chi connectivity index (χ1n) is 25.3. The number of hydrogen-bond donors (Lipinski definition) is 0. The fourth-order valence-electron chi connectivity index (χ4n) is 14.7. The summed E-state index contributed by atoms with van der Waals surface area (Å²) in [5, 5.41) is 0. The molecule has 3 heterocycles. The van der Waals surface area contributed by atoms with Crippen molar-refractivity contribution in [1.82, 2.24) is 0 Å². The van der Waals surface area contributed by atoms with Gasteiger partial charge in [-0.1, -0.05) is 176 Å². The van der Waals surface area contributed by atoms with Gasteiger partial charge in [0.05, 0.1) is 22.1 Å². The predicted octanol–water partition coefficient (Wildman–Crippen LogP) is 15.5. The third-order valence-electron chi connectivity index (χ3n) is 17.3. The van der Waals surface area contributed by atoms with E-state index in [9.17, 15) is 0 Å². The van der Waals surface area contributed by atoms with Crippen LogP contribution in [0.4, 0.5) is 47.3 Å². The first-order valence-corrected chi connectivity index (χ1v) is 26.1. The zero-order valence-corrected chi connectivity index (χ0v) is 40.3. The van der Waals surface area contributed by atoms with Crippen LogP contribution >= 0.6 is 11.3 Å². The lowest BCUT2D eigenvalue weighted by Crippen LogP contribution is -2.60. The van der Waals surface area contributed by atoms with Gasteiger partial charge in [0.15, 0.2) is 0 Å². The highest BCUT2D eigenvalue weighted by molar-refractivity contribution is 7.30. The summed E-state index contributed by atoms with van der Waals surface area (Å²) in [4.78, 5) is 6.29. The lowest BCUT2D eigenvalue weighted by Gasteiger charge is -2.44. The smallest absolute Gasteiger partial charge is 0.311 e. The van der Waals surface area contributed by atoms with Crippen molar-refractivity contribution >= 4 is 67.9 Å². The van der Waals surface area contributed by atoms with E-state index in [-0.39, 0.29) is 6.71 Å². The van der Waals surface area contributed by atoms with Gasteiger partial charge in [-0.05, 0) is 143 Å². The molecule has 0 radical (unpaired) electrons. The molecule has 0 amide bonds. The summed E-state index contributed by atoms with van der Waals surface area (Å²) in [5.74, 6) is 0. The molecule has 2 nitrogen and oxygen atoms in total. The van der Waals surface area contributed by atoms with Gasteiger partial charge in [-0.15, -0.1) is 11.3 Å². The van der Waals surface area contributed by atoms with E-state index in [1.807, 2.05) is 29.5 Å². The normalized spacial score (nSPS) is 16.7. The number of alkyl halides is 3. The van der Waals surface area contributed by atoms with Crippen LogP contribution in [-0.4, -0.2) is 6.71 Å². The van der Waals surface area contributed by atoms with E-state index >= 15 is 13.2 Å². The maximum absolute atomic E-state index is 15.0. The van der Waals surface area contributed by atoms with Crippen LogP contribution < -0.4 is 25.5 Å². The molecule has 10 aromatic carbocycles. The molecule has 1 atom stereocenters. The van der Waals surface area contributed by atoms with E-state index in [4.69, 9.17) is 0 Å². The van der Waals surface area contributed by atoms with Gasteiger partial charge >= 0.3 is 6.18 Å². The van der Waals surface area contributed by atoms with E-state index in [1.165, 1.54) is 77.3 Å². The number of anilines is 6. The van der Waals surface area contributed by atoms with Gasteiger partial charge in [0.2, 0.25) is 0 Å². The third kappa shape index (κ3) is 4.77. The second kappa shape index (κ2) is 14.1. The van der Waals surface area contributed by atoms with Crippen molar-refractivity contribution < 1.29 is 13.2 Å². The Balaban J connectivity index is 1.02. The van der Waals surface area contributed by atoms with Crippen molar-refractivity contribution in [1.29, 1.82) is 0 Å². The second-order valence-corrected chi connectivity index (χ2v) is 21.5. The molecule has 17 rings (SSSR count). The Morgan fingerprint density at radius 3 is 1.42 bits per heavy atom. The maximum atomic E-state index is 15.0. The molecule has 4 aliphatic carbocycles. The van der Waals surface area contributed by atoms with Crippen LogP contribution in [0.1, 0.15) is 49.4 Å². The molecule has 0 bridgehead atoms. The van der Waals surface area contributed by atoms with E-state index in [2.05, 4.69) is 204 Å². The van der Waals surface area contributed by atoms with Gasteiger partial charge in [-0.25, -0.2) is 0 Å². The van der Waals surface area contributed by atoms with E-state index in [1.54, 1.807) is 6.07 Å². The zero-order valence-electron chi connectivity index (χ0n) is 39.5. The van der Waals surface area contributed by atoms with Crippen molar-refractivity contribution in [2.75, 3.05) is 9.80 Å². The minimum atomic E-state index is -4.53. The Morgan fingerprint density at radius 1 is 0.378 bits per heavy atom. The molecule has 346 valence electrons. The van der Waals surface area contributed by atoms with Crippen molar-refractivity contribution in [3.63, 3.8) is 0 Å². The number of nitrogens with zero attached hydrogens (tertiary/aromatic N) is 2.